The van der Waals surface area contributed by atoms with Crippen molar-refractivity contribution in [1.29, 1.82) is 0 Å². The molecule has 2 rings (SSSR count). The van der Waals surface area contributed by atoms with Gasteiger partial charge in [0, 0.05) is 4.47 Å². The molecule has 0 saturated carbocycles. The molecule has 0 spiro atoms. The van der Waals surface area contributed by atoms with Gasteiger partial charge in [0.15, 0.2) is 5.84 Å². The molecule has 0 atom stereocenters. The number of hydrogen-bond donors (Lipinski definition) is 2. The molecule has 5 heteroatoms. The predicted molar refractivity (Wildman–Crippen MR) is 82.2 cm³/mol. The second-order valence-corrected chi connectivity index (χ2v) is 5.32. The topological polar surface area (TPSA) is 67.8 Å². The summed E-state index contributed by atoms with van der Waals surface area (Å²) >= 11 is 3.35. The van der Waals surface area contributed by atoms with Gasteiger partial charge in [0.2, 0.25) is 0 Å². The maximum absolute atomic E-state index is 8.81. The summed E-state index contributed by atoms with van der Waals surface area (Å²) < 4.78 is 6.58. The molecule has 0 heterocycles. The van der Waals surface area contributed by atoms with Crippen LogP contribution in [0.15, 0.2) is 52.1 Å². The maximum Gasteiger partial charge on any atom is 0.173 e. The second-order valence-electron chi connectivity index (χ2n) is 4.40. The van der Waals surface area contributed by atoms with Crippen molar-refractivity contribution in [1.82, 2.24) is 0 Å². The monoisotopic (exact) mass is 334 g/mol. The Morgan fingerprint density at radius 1 is 1.25 bits per heavy atom. The minimum Gasteiger partial charge on any atom is -0.488 e. The highest BCUT2D eigenvalue weighted by Gasteiger charge is 2.09. The standard InChI is InChI=1S/C15H15BrN2O2/c1-10-2-4-11(5-3-10)9-20-14-7-6-12(16)8-13(14)15(17)18-19/h2-8,19H,9H2,1H3,(H2,17,18). The molecule has 0 fully saturated rings. The van der Waals surface area contributed by atoms with Crippen LogP contribution in [0.5, 0.6) is 5.75 Å². The van der Waals surface area contributed by atoms with Crippen LogP contribution in [-0.2, 0) is 6.61 Å². The van der Waals surface area contributed by atoms with Gasteiger partial charge in [-0.1, -0.05) is 50.9 Å². The van der Waals surface area contributed by atoms with Gasteiger partial charge in [0.05, 0.1) is 5.56 Å². The number of amidine groups is 1. The summed E-state index contributed by atoms with van der Waals surface area (Å²) in [6, 6.07) is 13.5. The Hall–Kier alpha value is -2.01. The van der Waals surface area contributed by atoms with E-state index >= 15 is 0 Å². The second kappa shape index (κ2) is 6.43. The maximum atomic E-state index is 8.81. The summed E-state index contributed by atoms with van der Waals surface area (Å²) in [5.74, 6) is 0.592. The molecule has 4 nitrogen and oxygen atoms in total. The van der Waals surface area contributed by atoms with Crippen LogP contribution in [0.1, 0.15) is 16.7 Å². The number of aryl methyl sites for hydroxylation is 1. The molecule has 3 N–H and O–H groups in total. The number of hydrogen-bond acceptors (Lipinski definition) is 3. The van der Waals surface area contributed by atoms with Crippen molar-refractivity contribution < 1.29 is 9.94 Å². The van der Waals surface area contributed by atoms with E-state index in [1.165, 1.54) is 5.56 Å². The highest BCUT2D eigenvalue weighted by atomic mass is 79.9. The van der Waals surface area contributed by atoms with Crippen LogP contribution in [0.25, 0.3) is 0 Å². The van der Waals surface area contributed by atoms with Gasteiger partial charge in [-0.3, -0.25) is 0 Å². The predicted octanol–water partition coefficient (Wildman–Crippen LogP) is 3.43. The van der Waals surface area contributed by atoms with E-state index in [0.29, 0.717) is 17.9 Å². The van der Waals surface area contributed by atoms with Gasteiger partial charge in [0.25, 0.3) is 0 Å². The van der Waals surface area contributed by atoms with E-state index in [0.717, 1.165) is 10.0 Å². The Labute approximate surface area is 126 Å². The number of oxime groups is 1. The van der Waals surface area contributed by atoms with Gasteiger partial charge < -0.3 is 15.7 Å². The van der Waals surface area contributed by atoms with Crippen LogP contribution >= 0.6 is 15.9 Å². The van der Waals surface area contributed by atoms with Gasteiger partial charge in [-0.05, 0) is 30.7 Å². The van der Waals surface area contributed by atoms with Crippen LogP contribution < -0.4 is 10.5 Å². The lowest BCUT2D eigenvalue weighted by Gasteiger charge is -2.11. The molecule has 0 aliphatic carbocycles. The average molecular weight is 335 g/mol. The minimum absolute atomic E-state index is 0.0187. The van der Waals surface area contributed by atoms with E-state index in [1.807, 2.05) is 37.3 Å². The van der Waals surface area contributed by atoms with E-state index in [-0.39, 0.29) is 5.84 Å². The van der Waals surface area contributed by atoms with Crippen LogP contribution in [0, 0.1) is 6.92 Å². The molecule has 0 saturated heterocycles. The van der Waals surface area contributed by atoms with Crippen LogP contribution in [0.3, 0.4) is 0 Å². The zero-order valence-corrected chi connectivity index (χ0v) is 12.6. The fraction of sp³-hybridized carbons (Fsp3) is 0.133. The Bertz CT molecular complexity index is 624. The third kappa shape index (κ3) is 3.51. The summed E-state index contributed by atoms with van der Waals surface area (Å²) in [5, 5.41) is 11.8. The van der Waals surface area contributed by atoms with Crippen molar-refractivity contribution in [2.75, 3.05) is 0 Å². The number of nitrogens with two attached hydrogens (primary N) is 1. The number of benzene rings is 2. The van der Waals surface area contributed by atoms with Gasteiger partial charge in [0.1, 0.15) is 12.4 Å². The van der Waals surface area contributed by atoms with Crippen LogP contribution in [-0.4, -0.2) is 11.0 Å². The zero-order chi connectivity index (χ0) is 14.5. The number of ether oxygens (including phenoxy) is 1. The number of halogens is 1. The van der Waals surface area contributed by atoms with Crippen molar-refractivity contribution in [3.05, 3.63) is 63.6 Å². The largest absolute Gasteiger partial charge is 0.488 e. The molecule has 0 bridgehead atoms. The first-order chi connectivity index (χ1) is 9.60. The fourth-order valence-electron chi connectivity index (χ4n) is 1.73. The lowest BCUT2D eigenvalue weighted by Crippen LogP contribution is -2.15. The molecule has 0 aromatic heterocycles. The average Bonchev–Trinajstić information content (AvgIpc) is 2.46. The Morgan fingerprint density at radius 2 is 1.95 bits per heavy atom. The van der Waals surface area contributed by atoms with Crippen molar-refractivity contribution in [3.63, 3.8) is 0 Å². The first kappa shape index (κ1) is 14.4. The lowest BCUT2D eigenvalue weighted by atomic mass is 10.1. The third-order valence-electron chi connectivity index (χ3n) is 2.84. The molecule has 2 aromatic rings. The summed E-state index contributed by atoms with van der Waals surface area (Å²) in [7, 11) is 0. The molecule has 0 radical (unpaired) electrons. The molecule has 2 aromatic carbocycles. The van der Waals surface area contributed by atoms with E-state index in [9.17, 15) is 0 Å². The van der Waals surface area contributed by atoms with Gasteiger partial charge in [-0.15, -0.1) is 0 Å². The first-order valence-electron chi connectivity index (χ1n) is 6.06. The van der Waals surface area contributed by atoms with Crippen molar-refractivity contribution in [2.45, 2.75) is 13.5 Å². The minimum atomic E-state index is 0.0187. The Balaban J connectivity index is 2.19. The first-order valence-corrected chi connectivity index (χ1v) is 6.85. The SMILES string of the molecule is Cc1ccc(COc2ccc(Br)cc2/C(N)=N/O)cc1. The third-order valence-corrected chi connectivity index (χ3v) is 3.33. The summed E-state index contributed by atoms with van der Waals surface area (Å²) in [4.78, 5) is 0. The van der Waals surface area contributed by atoms with Crippen LogP contribution in [0.2, 0.25) is 0 Å². The van der Waals surface area contributed by atoms with Gasteiger partial charge in [-0.25, -0.2) is 0 Å². The molecular formula is C15H15BrN2O2. The molecule has 20 heavy (non-hydrogen) atoms. The van der Waals surface area contributed by atoms with Crippen molar-refractivity contribution in [3.8, 4) is 5.75 Å². The molecule has 0 amide bonds. The summed E-state index contributed by atoms with van der Waals surface area (Å²) in [5.41, 5.74) is 8.46. The summed E-state index contributed by atoms with van der Waals surface area (Å²) in [6.45, 7) is 2.46. The Kier molecular flexibility index (Phi) is 4.63. The quantitative estimate of drug-likeness (QED) is 0.389. The lowest BCUT2D eigenvalue weighted by molar-refractivity contribution is 0.303. The van der Waals surface area contributed by atoms with E-state index in [2.05, 4.69) is 21.1 Å². The highest BCUT2D eigenvalue weighted by molar-refractivity contribution is 9.10. The zero-order valence-electron chi connectivity index (χ0n) is 11.0. The number of nitrogens with zero attached hydrogens (tertiary/aromatic N) is 1. The molecule has 0 aliphatic rings. The van der Waals surface area contributed by atoms with Gasteiger partial charge >= 0.3 is 0 Å². The number of rotatable bonds is 4. The molecule has 0 aliphatic heterocycles. The van der Waals surface area contributed by atoms with E-state index in [1.54, 1.807) is 12.1 Å². The van der Waals surface area contributed by atoms with E-state index in [4.69, 9.17) is 15.7 Å². The summed E-state index contributed by atoms with van der Waals surface area (Å²) in [6.07, 6.45) is 0. The molecular weight excluding hydrogens is 320 g/mol. The molecule has 104 valence electrons. The fourth-order valence-corrected chi connectivity index (χ4v) is 2.09. The normalized spacial score (nSPS) is 11.4. The van der Waals surface area contributed by atoms with Gasteiger partial charge in [-0.2, -0.15) is 0 Å². The Morgan fingerprint density at radius 3 is 2.60 bits per heavy atom. The van der Waals surface area contributed by atoms with Crippen LogP contribution in [0.4, 0.5) is 0 Å². The smallest absolute Gasteiger partial charge is 0.173 e. The molecule has 0 unspecified atom stereocenters. The highest BCUT2D eigenvalue weighted by Crippen LogP contribution is 2.24. The van der Waals surface area contributed by atoms with Crippen molar-refractivity contribution >= 4 is 21.8 Å². The van der Waals surface area contributed by atoms with Crippen molar-refractivity contribution in [2.24, 2.45) is 10.9 Å². The van der Waals surface area contributed by atoms with E-state index < -0.39 is 0 Å².